The summed E-state index contributed by atoms with van der Waals surface area (Å²) in [6.45, 7) is 3.20. The van der Waals surface area contributed by atoms with Gasteiger partial charge in [0.05, 0.1) is 4.92 Å². The van der Waals surface area contributed by atoms with Crippen LogP contribution >= 0.6 is 0 Å². The number of likely N-dealkylation sites (N-methyl/N-ethyl adjacent to an activating group) is 1. The van der Waals surface area contributed by atoms with Gasteiger partial charge in [-0.25, -0.2) is 0 Å². The Bertz CT molecular complexity index is 876. The average molecular weight is 426 g/mol. The summed E-state index contributed by atoms with van der Waals surface area (Å²) in [4.78, 5) is 27.1. The lowest BCUT2D eigenvalue weighted by atomic mass is 10.1. The van der Waals surface area contributed by atoms with Gasteiger partial charge in [-0.2, -0.15) is 17.0 Å². The van der Waals surface area contributed by atoms with Crippen molar-refractivity contribution in [3.05, 3.63) is 33.9 Å². The van der Waals surface area contributed by atoms with E-state index in [0.717, 1.165) is 0 Å². The zero-order valence-corrected chi connectivity index (χ0v) is 17.4. The van der Waals surface area contributed by atoms with Crippen LogP contribution in [0.3, 0.4) is 0 Å². The van der Waals surface area contributed by atoms with Gasteiger partial charge in [-0.15, -0.1) is 0 Å². The molecule has 0 unspecified atom stereocenters. The molecule has 0 aliphatic carbocycles. The molecule has 2 saturated heterocycles. The molecule has 29 heavy (non-hydrogen) atoms. The molecule has 0 bridgehead atoms. The Balaban J connectivity index is 1.65. The summed E-state index contributed by atoms with van der Waals surface area (Å²) in [7, 11) is -0.0114. The maximum absolute atomic E-state index is 12.8. The first-order chi connectivity index (χ1) is 13.7. The number of rotatable bonds is 5. The number of carbonyl (C=O) groups is 1. The first kappa shape index (κ1) is 21.4. The van der Waals surface area contributed by atoms with Gasteiger partial charge in [0, 0.05) is 71.0 Å². The highest BCUT2D eigenvalue weighted by molar-refractivity contribution is 7.86. The predicted molar refractivity (Wildman–Crippen MR) is 108 cm³/mol. The fourth-order valence-electron chi connectivity index (χ4n) is 3.51. The van der Waals surface area contributed by atoms with E-state index < -0.39 is 15.1 Å². The number of carbonyl (C=O) groups excluding carboxylic acids is 1. The fourth-order valence-corrected chi connectivity index (χ4v) is 5.09. The molecule has 12 heteroatoms. The highest BCUT2D eigenvalue weighted by Crippen LogP contribution is 2.26. The van der Waals surface area contributed by atoms with Crippen molar-refractivity contribution in [2.45, 2.75) is 0 Å². The average Bonchev–Trinajstić information content (AvgIpc) is 2.73. The van der Waals surface area contributed by atoms with Crippen LogP contribution < -0.4 is 5.32 Å². The fraction of sp³-hybridized carbons (Fsp3) is 0.588. The Morgan fingerprint density at radius 3 is 2.10 bits per heavy atom. The summed E-state index contributed by atoms with van der Waals surface area (Å²) >= 11 is 0. The van der Waals surface area contributed by atoms with E-state index in [1.54, 1.807) is 7.05 Å². The van der Waals surface area contributed by atoms with Gasteiger partial charge in [-0.3, -0.25) is 14.9 Å². The normalized spacial score (nSPS) is 19.9. The zero-order chi connectivity index (χ0) is 21.2. The summed E-state index contributed by atoms with van der Waals surface area (Å²) in [6.07, 6.45) is 0. The smallest absolute Gasteiger partial charge is 0.293 e. The van der Waals surface area contributed by atoms with Crippen LogP contribution in [0.4, 0.5) is 11.4 Å². The molecule has 2 aliphatic heterocycles. The minimum atomic E-state index is -3.54. The number of amides is 1. The molecule has 0 aromatic heterocycles. The van der Waals surface area contributed by atoms with Gasteiger partial charge in [0.25, 0.3) is 21.8 Å². The lowest BCUT2D eigenvalue weighted by Crippen LogP contribution is -2.57. The summed E-state index contributed by atoms with van der Waals surface area (Å²) in [6, 6.07) is 4.29. The molecule has 3 rings (SSSR count). The van der Waals surface area contributed by atoms with E-state index in [-0.39, 0.29) is 43.3 Å². The Labute approximate surface area is 170 Å². The Morgan fingerprint density at radius 1 is 1.03 bits per heavy atom. The number of piperazine rings is 2. The molecular weight excluding hydrogens is 400 g/mol. The van der Waals surface area contributed by atoms with Crippen molar-refractivity contribution in [3.8, 4) is 0 Å². The van der Waals surface area contributed by atoms with Gasteiger partial charge in [0.2, 0.25) is 0 Å². The number of hydrogen-bond donors (Lipinski definition) is 1. The first-order valence-electron chi connectivity index (χ1n) is 9.43. The van der Waals surface area contributed by atoms with E-state index in [4.69, 9.17) is 0 Å². The van der Waals surface area contributed by atoms with E-state index >= 15 is 0 Å². The SMILES string of the molecule is CNc1ccc(C(=O)N2CCN(S(=O)(=O)N3CCN(C)CC3)CC2)cc1[N+](=O)[O-]. The van der Waals surface area contributed by atoms with Crippen molar-refractivity contribution in [1.82, 2.24) is 18.4 Å². The van der Waals surface area contributed by atoms with Crippen molar-refractivity contribution in [2.24, 2.45) is 0 Å². The molecule has 1 aromatic carbocycles. The quantitative estimate of drug-likeness (QED) is 0.515. The van der Waals surface area contributed by atoms with Crippen LogP contribution in [0.25, 0.3) is 0 Å². The Hall–Kier alpha value is -2.28. The van der Waals surface area contributed by atoms with Crippen LogP contribution in [0, 0.1) is 10.1 Å². The Kier molecular flexibility index (Phi) is 6.36. The molecule has 0 atom stereocenters. The van der Waals surface area contributed by atoms with Crippen molar-refractivity contribution in [1.29, 1.82) is 0 Å². The zero-order valence-electron chi connectivity index (χ0n) is 16.6. The maximum Gasteiger partial charge on any atom is 0.293 e. The van der Waals surface area contributed by atoms with Gasteiger partial charge in [0.1, 0.15) is 5.69 Å². The van der Waals surface area contributed by atoms with Crippen LogP contribution in [-0.2, 0) is 10.2 Å². The molecule has 2 aliphatic rings. The number of hydrogen-bond acceptors (Lipinski definition) is 7. The van der Waals surface area contributed by atoms with Crippen LogP contribution in [0.2, 0.25) is 0 Å². The third-order valence-corrected chi connectivity index (χ3v) is 7.39. The molecule has 1 amide bonds. The third-order valence-electron chi connectivity index (χ3n) is 5.35. The van der Waals surface area contributed by atoms with E-state index in [2.05, 4.69) is 10.2 Å². The van der Waals surface area contributed by atoms with Crippen molar-refractivity contribution < 1.29 is 18.1 Å². The summed E-state index contributed by atoms with van der Waals surface area (Å²) in [5.74, 6) is -0.340. The van der Waals surface area contributed by atoms with Crippen LogP contribution in [0.5, 0.6) is 0 Å². The van der Waals surface area contributed by atoms with E-state index in [9.17, 15) is 23.3 Å². The highest BCUT2D eigenvalue weighted by atomic mass is 32.2. The lowest BCUT2D eigenvalue weighted by molar-refractivity contribution is -0.384. The third kappa shape index (κ3) is 4.50. The van der Waals surface area contributed by atoms with Crippen LogP contribution in [-0.4, -0.2) is 104 Å². The van der Waals surface area contributed by atoms with E-state index in [1.165, 1.54) is 31.7 Å². The largest absolute Gasteiger partial charge is 0.383 e. The molecule has 0 spiro atoms. The first-order valence-corrected chi connectivity index (χ1v) is 10.8. The predicted octanol–water partition coefficient (Wildman–Crippen LogP) is -0.113. The molecule has 1 N–H and O–H groups in total. The van der Waals surface area contributed by atoms with Gasteiger partial charge in [-0.1, -0.05) is 0 Å². The second-order valence-corrected chi connectivity index (χ2v) is 9.07. The highest BCUT2D eigenvalue weighted by Gasteiger charge is 2.35. The monoisotopic (exact) mass is 426 g/mol. The van der Waals surface area contributed by atoms with Crippen LogP contribution in [0.1, 0.15) is 10.4 Å². The van der Waals surface area contributed by atoms with E-state index in [1.807, 2.05) is 7.05 Å². The molecule has 2 fully saturated rings. The maximum atomic E-state index is 12.8. The van der Waals surface area contributed by atoms with Crippen molar-refractivity contribution >= 4 is 27.5 Å². The standard InChI is InChI=1S/C17H26N6O5S/c1-18-15-4-3-14(13-16(15)23(25)26)17(24)20-7-11-22(12-8-20)29(27,28)21-9-5-19(2)6-10-21/h3-4,13,18H,5-12H2,1-2H3. The Morgan fingerprint density at radius 2 is 1.59 bits per heavy atom. The number of nitrogens with one attached hydrogen (secondary N) is 1. The van der Waals surface area contributed by atoms with Crippen molar-refractivity contribution in [2.75, 3.05) is 71.8 Å². The summed E-state index contributed by atoms with van der Waals surface area (Å²) < 4.78 is 28.6. The number of nitro benzene ring substituents is 1. The second kappa shape index (κ2) is 8.61. The minimum Gasteiger partial charge on any atom is -0.383 e. The molecule has 11 nitrogen and oxygen atoms in total. The van der Waals surface area contributed by atoms with Gasteiger partial charge < -0.3 is 15.1 Å². The lowest BCUT2D eigenvalue weighted by Gasteiger charge is -2.39. The topological polar surface area (TPSA) is 119 Å². The second-order valence-electron chi connectivity index (χ2n) is 7.14. The van der Waals surface area contributed by atoms with Crippen molar-refractivity contribution in [3.63, 3.8) is 0 Å². The molecule has 2 heterocycles. The summed E-state index contributed by atoms with van der Waals surface area (Å²) in [5, 5.41) is 13.9. The molecule has 1 aromatic rings. The number of benzene rings is 1. The van der Waals surface area contributed by atoms with Gasteiger partial charge in [0.15, 0.2) is 0 Å². The molecule has 160 valence electrons. The van der Waals surface area contributed by atoms with Gasteiger partial charge in [-0.05, 0) is 19.2 Å². The number of anilines is 1. The minimum absolute atomic E-state index is 0.172. The molecule has 0 saturated carbocycles. The van der Waals surface area contributed by atoms with E-state index in [0.29, 0.717) is 31.9 Å². The van der Waals surface area contributed by atoms with Crippen LogP contribution in [0.15, 0.2) is 18.2 Å². The summed E-state index contributed by atoms with van der Waals surface area (Å²) in [5.41, 5.74) is 0.371. The molecular formula is C17H26N6O5S. The number of nitrogens with zero attached hydrogens (tertiary/aromatic N) is 5. The number of nitro groups is 1. The molecule has 0 radical (unpaired) electrons. The van der Waals surface area contributed by atoms with Gasteiger partial charge >= 0.3 is 0 Å².